The molecular formula is C10H9O4-. The van der Waals surface area contributed by atoms with Gasteiger partial charge in [0.25, 0.3) is 0 Å². The summed E-state index contributed by atoms with van der Waals surface area (Å²) in [6.07, 6.45) is 0. The van der Waals surface area contributed by atoms with Crippen molar-refractivity contribution in [1.29, 1.82) is 0 Å². The largest absolute Gasteiger partial charge is 0.546 e. The molecule has 0 spiro atoms. The molecule has 0 unspecified atom stereocenters. The van der Waals surface area contributed by atoms with E-state index >= 15 is 0 Å². The Morgan fingerprint density at radius 2 is 1.86 bits per heavy atom. The predicted molar refractivity (Wildman–Crippen MR) is 46.9 cm³/mol. The first-order valence-electron chi connectivity index (χ1n) is 4.03. The first kappa shape index (κ1) is 10.2. The number of aliphatic carboxylic acids is 1. The van der Waals surface area contributed by atoms with Crippen LogP contribution in [0.5, 0.6) is 5.75 Å². The number of benzene rings is 1. The number of ether oxygens (including phenoxy) is 1. The van der Waals surface area contributed by atoms with Crippen LogP contribution in [0.3, 0.4) is 0 Å². The number of hydrogen-bond donors (Lipinski definition) is 0. The maximum absolute atomic E-state index is 10.9. The zero-order valence-electron chi connectivity index (χ0n) is 7.65. The smallest absolute Gasteiger partial charge is 0.159 e. The van der Waals surface area contributed by atoms with Crippen molar-refractivity contribution in [3.63, 3.8) is 0 Å². The van der Waals surface area contributed by atoms with Gasteiger partial charge in [0.05, 0.1) is 5.97 Å². The summed E-state index contributed by atoms with van der Waals surface area (Å²) in [6, 6.07) is 6.24. The third kappa shape index (κ3) is 2.90. The quantitative estimate of drug-likeness (QED) is 0.632. The number of carbonyl (C=O) groups is 2. The average Bonchev–Trinajstić information content (AvgIpc) is 2.15. The summed E-state index contributed by atoms with van der Waals surface area (Å²) in [5.74, 6) is -0.920. The monoisotopic (exact) mass is 193 g/mol. The Morgan fingerprint density at radius 3 is 2.29 bits per heavy atom. The number of ketones is 1. The Hall–Kier alpha value is -1.84. The molecule has 0 amide bonds. The lowest BCUT2D eigenvalue weighted by atomic mass is 10.1. The third-order valence-electron chi connectivity index (χ3n) is 1.62. The van der Waals surface area contributed by atoms with Crippen LogP contribution in [0.1, 0.15) is 17.3 Å². The van der Waals surface area contributed by atoms with Crippen molar-refractivity contribution in [2.45, 2.75) is 6.92 Å². The van der Waals surface area contributed by atoms with Crippen LogP contribution in [0.4, 0.5) is 0 Å². The molecule has 1 aromatic carbocycles. The van der Waals surface area contributed by atoms with E-state index in [0.717, 1.165) is 0 Å². The Labute approximate surface area is 81.1 Å². The van der Waals surface area contributed by atoms with Gasteiger partial charge in [-0.1, -0.05) is 0 Å². The Balaban J connectivity index is 2.64. The zero-order chi connectivity index (χ0) is 10.6. The summed E-state index contributed by atoms with van der Waals surface area (Å²) < 4.78 is 4.83. The molecule has 0 aromatic heterocycles. The van der Waals surface area contributed by atoms with Crippen molar-refractivity contribution < 1.29 is 19.4 Å². The molecule has 0 aliphatic carbocycles. The fourth-order valence-electron chi connectivity index (χ4n) is 0.928. The number of carboxylic acids is 1. The van der Waals surface area contributed by atoms with Gasteiger partial charge in [-0.25, -0.2) is 0 Å². The van der Waals surface area contributed by atoms with Crippen molar-refractivity contribution in [3.8, 4) is 5.75 Å². The first-order valence-corrected chi connectivity index (χ1v) is 4.03. The molecule has 1 rings (SSSR count). The summed E-state index contributed by atoms with van der Waals surface area (Å²) in [5.41, 5.74) is 0.561. The summed E-state index contributed by atoms with van der Waals surface area (Å²) in [5, 5.41) is 10.1. The van der Waals surface area contributed by atoms with Gasteiger partial charge in [0.15, 0.2) is 5.78 Å². The molecule has 0 aliphatic heterocycles. The predicted octanol–water partition coefficient (Wildman–Crippen LogP) is 0.0179. The summed E-state index contributed by atoms with van der Waals surface area (Å²) >= 11 is 0. The molecule has 0 radical (unpaired) electrons. The molecule has 0 atom stereocenters. The van der Waals surface area contributed by atoms with Gasteiger partial charge in [0, 0.05) is 5.56 Å². The van der Waals surface area contributed by atoms with Crippen molar-refractivity contribution in [1.82, 2.24) is 0 Å². The van der Waals surface area contributed by atoms with Crippen molar-refractivity contribution in [2.24, 2.45) is 0 Å². The Morgan fingerprint density at radius 1 is 1.29 bits per heavy atom. The Bertz CT molecular complexity index is 340. The highest BCUT2D eigenvalue weighted by Gasteiger charge is 1.99. The second-order valence-corrected chi connectivity index (χ2v) is 2.74. The van der Waals surface area contributed by atoms with Gasteiger partial charge in [-0.05, 0) is 31.2 Å². The van der Waals surface area contributed by atoms with E-state index in [-0.39, 0.29) is 5.78 Å². The van der Waals surface area contributed by atoms with Crippen LogP contribution in [0.2, 0.25) is 0 Å². The average molecular weight is 193 g/mol. The fourth-order valence-corrected chi connectivity index (χ4v) is 0.928. The summed E-state index contributed by atoms with van der Waals surface area (Å²) in [6.45, 7) is 0.969. The lowest BCUT2D eigenvalue weighted by Crippen LogP contribution is -2.28. The van der Waals surface area contributed by atoms with Gasteiger partial charge in [0.2, 0.25) is 0 Å². The lowest BCUT2D eigenvalue weighted by Gasteiger charge is -2.06. The van der Waals surface area contributed by atoms with Crippen LogP contribution >= 0.6 is 0 Å². The van der Waals surface area contributed by atoms with E-state index in [1.807, 2.05) is 0 Å². The molecule has 4 heteroatoms. The number of rotatable bonds is 4. The highest BCUT2D eigenvalue weighted by molar-refractivity contribution is 5.94. The molecule has 14 heavy (non-hydrogen) atoms. The normalized spacial score (nSPS) is 9.50. The molecule has 4 nitrogen and oxygen atoms in total. The van der Waals surface area contributed by atoms with Crippen LogP contribution < -0.4 is 9.84 Å². The first-order chi connectivity index (χ1) is 6.59. The molecule has 0 saturated carbocycles. The van der Waals surface area contributed by atoms with E-state index in [9.17, 15) is 14.7 Å². The molecule has 0 bridgehead atoms. The van der Waals surface area contributed by atoms with Gasteiger partial charge in [-0.15, -0.1) is 0 Å². The Kier molecular flexibility index (Phi) is 3.23. The molecule has 74 valence electrons. The van der Waals surface area contributed by atoms with Gasteiger partial charge in [-0.2, -0.15) is 0 Å². The standard InChI is InChI=1S/C10H10O4/c1-7(11)8-2-4-9(5-3-8)14-6-10(12)13/h2-5H,6H2,1H3,(H,12,13)/p-1. The van der Waals surface area contributed by atoms with E-state index in [1.54, 1.807) is 24.3 Å². The van der Waals surface area contributed by atoms with Crippen LogP contribution in [0, 0.1) is 0 Å². The minimum atomic E-state index is -1.28. The number of carbonyl (C=O) groups excluding carboxylic acids is 2. The van der Waals surface area contributed by atoms with E-state index in [4.69, 9.17) is 4.74 Å². The highest BCUT2D eigenvalue weighted by Crippen LogP contribution is 2.12. The molecule has 0 heterocycles. The van der Waals surface area contributed by atoms with Gasteiger partial charge >= 0.3 is 0 Å². The molecular weight excluding hydrogens is 184 g/mol. The minimum Gasteiger partial charge on any atom is -0.546 e. The van der Waals surface area contributed by atoms with E-state index < -0.39 is 12.6 Å². The topological polar surface area (TPSA) is 66.4 Å². The third-order valence-corrected chi connectivity index (χ3v) is 1.62. The SMILES string of the molecule is CC(=O)c1ccc(OCC(=O)[O-])cc1. The molecule has 0 aliphatic rings. The second-order valence-electron chi connectivity index (χ2n) is 2.74. The number of hydrogen-bond acceptors (Lipinski definition) is 4. The maximum Gasteiger partial charge on any atom is 0.159 e. The second kappa shape index (κ2) is 4.41. The summed E-state index contributed by atoms with van der Waals surface area (Å²) in [7, 11) is 0. The lowest BCUT2D eigenvalue weighted by molar-refractivity contribution is -0.307. The van der Waals surface area contributed by atoms with Gasteiger partial charge in [-0.3, -0.25) is 4.79 Å². The highest BCUT2D eigenvalue weighted by atomic mass is 16.5. The number of Topliss-reactive ketones (excluding diaryl/α,β-unsaturated/α-hetero) is 1. The maximum atomic E-state index is 10.9. The molecule has 0 fully saturated rings. The minimum absolute atomic E-state index is 0.0450. The molecule has 0 N–H and O–H groups in total. The summed E-state index contributed by atoms with van der Waals surface area (Å²) in [4.78, 5) is 20.9. The van der Waals surface area contributed by atoms with Gasteiger partial charge < -0.3 is 14.6 Å². The fraction of sp³-hybridized carbons (Fsp3) is 0.200. The van der Waals surface area contributed by atoms with Crippen molar-refractivity contribution in [3.05, 3.63) is 29.8 Å². The number of carboxylic acid groups (broad SMARTS) is 1. The van der Waals surface area contributed by atoms with Crippen molar-refractivity contribution in [2.75, 3.05) is 6.61 Å². The van der Waals surface area contributed by atoms with Crippen LogP contribution in [0.25, 0.3) is 0 Å². The van der Waals surface area contributed by atoms with Crippen LogP contribution in [0.15, 0.2) is 24.3 Å². The molecule has 0 saturated heterocycles. The van der Waals surface area contributed by atoms with Gasteiger partial charge in [0.1, 0.15) is 12.4 Å². The zero-order valence-corrected chi connectivity index (χ0v) is 7.65. The molecule has 1 aromatic rings. The van der Waals surface area contributed by atoms with E-state index in [2.05, 4.69) is 0 Å². The van der Waals surface area contributed by atoms with Crippen molar-refractivity contribution >= 4 is 11.8 Å². The van der Waals surface area contributed by atoms with Crippen LogP contribution in [-0.2, 0) is 4.79 Å². The van der Waals surface area contributed by atoms with Crippen LogP contribution in [-0.4, -0.2) is 18.4 Å². The van der Waals surface area contributed by atoms with E-state index in [1.165, 1.54) is 6.92 Å². The van der Waals surface area contributed by atoms with E-state index in [0.29, 0.717) is 11.3 Å².